The van der Waals surface area contributed by atoms with Crippen molar-refractivity contribution in [1.82, 2.24) is 0 Å². The number of allylic oxidation sites excluding steroid dienone is 1. The Kier molecular flexibility index (Phi) is 7.08. The molecule has 1 saturated carbocycles. The summed E-state index contributed by atoms with van der Waals surface area (Å²) in [6.07, 6.45) is 9.99. The molecule has 1 aliphatic carbocycles. The van der Waals surface area contributed by atoms with E-state index in [1.807, 2.05) is 0 Å². The Morgan fingerprint density at radius 3 is 2.36 bits per heavy atom. The lowest BCUT2D eigenvalue weighted by Crippen LogP contribution is -2.13. The molecule has 0 atom stereocenters. The van der Waals surface area contributed by atoms with Crippen LogP contribution in [0.25, 0.3) is 0 Å². The molecule has 0 aliphatic heterocycles. The van der Waals surface area contributed by atoms with Crippen LogP contribution in [0.5, 0.6) is 0 Å². The molecule has 0 nitrogen and oxygen atoms in total. The average molecular weight is 306 g/mol. The predicted octanol–water partition coefficient (Wildman–Crippen LogP) is 6.86. The van der Waals surface area contributed by atoms with Crippen LogP contribution in [0, 0.1) is 5.92 Å². The third kappa shape index (κ3) is 5.55. The van der Waals surface area contributed by atoms with Gasteiger partial charge in [-0.25, -0.2) is 0 Å². The van der Waals surface area contributed by atoms with Crippen molar-refractivity contribution in [3.8, 4) is 0 Å². The average Bonchev–Trinajstić information content (AvgIpc) is 2.54. The minimum absolute atomic E-state index is 0.421. The van der Waals surface area contributed by atoms with Crippen molar-refractivity contribution in [3.63, 3.8) is 0 Å². The molecule has 0 radical (unpaired) electrons. The second-order valence-electron chi connectivity index (χ2n) is 6.63. The zero-order valence-electron chi connectivity index (χ0n) is 13.7. The largest absolute Gasteiger partial charge is 0.266 e. The summed E-state index contributed by atoms with van der Waals surface area (Å²) in [5.41, 5.74) is 2.59. The zero-order valence-corrected chi connectivity index (χ0v) is 13.7. The monoisotopic (exact) mass is 306 g/mol. The van der Waals surface area contributed by atoms with Crippen LogP contribution in [0.4, 0.5) is 8.78 Å². The van der Waals surface area contributed by atoms with Crippen LogP contribution in [-0.4, -0.2) is 0 Å². The van der Waals surface area contributed by atoms with Gasteiger partial charge in [-0.15, -0.1) is 0 Å². The molecule has 1 fully saturated rings. The van der Waals surface area contributed by atoms with E-state index in [9.17, 15) is 8.78 Å². The highest BCUT2D eigenvalue weighted by Gasteiger charge is 2.21. The molecule has 2 heteroatoms. The summed E-state index contributed by atoms with van der Waals surface area (Å²) < 4.78 is 24.0. The Morgan fingerprint density at radius 2 is 1.77 bits per heavy atom. The van der Waals surface area contributed by atoms with E-state index >= 15 is 0 Å². The normalized spacial score (nSPS) is 21.6. The summed E-state index contributed by atoms with van der Waals surface area (Å²) in [7, 11) is 0. The first kappa shape index (κ1) is 17.2. The lowest BCUT2D eigenvalue weighted by Gasteiger charge is -2.29. The van der Waals surface area contributed by atoms with Gasteiger partial charge in [-0.1, -0.05) is 50.5 Å². The second-order valence-corrected chi connectivity index (χ2v) is 6.63. The third-order valence-corrected chi connectivity index (χ3v) is 5.00. The first-order valence-electron chi connectivity index (χ1n) is 8.79. The quantitative estimate of drug-likeness (QED) is 0.516. The molecule has 0 aromatic heterocycles. The number of benzene rings is 1. The van der Waals surface area contributed by atoms with Gasteiger partial charge in [-0.05, 0) is 67.6 Å². The first-order valence-corrected chi connectivity index (χ1v) is 8.79. The van der Waals surface area contributed by atoms with Gasteiger partial charge in [0.15, 0.2) is 0 Å². The number of unbranched alkanes of at least 4 members (excludes halogenated alkanes) is 1. The molecule has 22 heavy (non-hydrogen) atoms. The second kappa shape index (κ2) is 9.07. The topological polar surface area (TPSA) is 0 Å². The maximum absolute atomic E-state index is 12.0. The summed E-state index contributed by atoms with van der Waals surface area (Å²) in [6, 6.07) is 8.65. The highest BCUT2D eigenvalue weighted by atomic mass is 19.3. The molecule has 1 aromatic rings. The summed E-state index contributed by atoms with van der Waals surface area (Å²) in [4.78, 5) is 0. The van der Waals surface area contributed by atoms with E-state index in [2.05, 4.69) is 31.2 Å². The van der Waals surface area contributed by atoms with Crippen LogP contribution >= 0.6 is 0 Å². The summed E-state index contributed by atoms with van der Waals surface area (Å²) in [5, 5.41) is 0. The molecule has 0 spiro atoms. The van der Waals surface area contributed by atoms with Crippen LogP contribution in [0.2, 0.25) is 0 Å². The Bertz CT molecular complexity index is 449. The molecule has 2 rings (SSSR count). The zero-order chi connectivity index (χ0) is 15.8. The van der Waals surface area contributed by atoms with Gasteiger partial charge in [0, 0.05) is 0 Å². The van der Waals surface area contributed by atoms with E-state index in [1.165, 1.54) is 50.5 Å². The molecule has 1 aliphatic rings. The SMILES string of the molecule is CCCCC1CCC(c2ccc(CCC=C(F)F)cc2)CC1. The molecule has 0 bridgehead atoms. The van der Waals surface area contributed by atoms with Crippen LogP contribution in [0.3, 0.4) is 0 Å². The number of hydrogen-bond acceptors (Lipinski definition) is 0. The molecule has 1 aromatic carbocycles. The van der Waals surface area contributed by atoms with E-state index < -0.39 is 6.08 Å². The van der Waals surface area contributed by atoms with Crippen molar-refractivity contribution in [2.45, 2.75) is 70.6 Å². The molecular formula is C20H28F2. The Labute approximate surface area is 133 Å². The van der Waals surface area contributed by atoms with E-state index in [0.717, 1.165) is 17.6 Å². The maximum Gasteiger partial charge on any atom is 0.266 e. The number of rotatable bonds is 7. The molecule has 122 valence electrons. The van der Waals surface area contributed by atoms with Crippen LogP contribution in [-0.2, 0) is 6.42 Å². The van der Waals surface area contributed by atoms with E-state index in [0.29, 0.717) is 18.8 Å². The molecule has 0 unspecified atom stereocenters. The van der Waals surface area contributed by atoms with Crippen LogP contribution in [0.15, 0.2) is 36.4 Å². The highest BCUT2D eigenvalue weighted by molar-refractivity contribution is 5.26. The number of hydrogen-bond donors (Lipinski definition) is 0. The highest BCUT2D eigenvalue weighted by Crippen LogP contribution is 2.37. The van der Waals surface area contributed by atoms with Gasteiger partial charge < -0.3 is 0 Å². The summed E-state index contributed by atoms with van der Waals surface area (Å²) in [6.45, 7) is 2.27. The van der Waals surface area contributed by atoms with Crippen molar-refractivity contribution in [3.05, 3.63) is 47.5 Å². The van der Waals surface area contributed by atoms with Crippen molar-refractivity contribution < 1.29 is 8.78 Å². The van der Waals surface area contributed by atoms with E-state index in [-0.39, 0.29) is 0 Å². The van der Waals surface area contributed by atoms with Crippen LogP contribution in [0.1, 0.15) is 75.3 Å². The summed E-state index contributed by atoms with van der Waals surface area (Å²) in [5.74, 6) is 1.65. The van der Waals surface area contributed by atoms with Gasteiger partial charge in [0.05, 0.1) is 0 Å². The Morgan fingerprint density at radius 1 is 1.09 bits per heavy atom. The molecule has 0 N–H and O–H groups in total. The van der Waals surface area contributed by atoms with Gasteiger partial charge in [-0.2, -0.15) is 8.78 Å². The smallest absolute Gasteiger partial charge is 0.174 e. The molecule has 0 heterocycles. The maximum atomic E-state index is 12.0. The van der Waals surface area contributed by atoms with Crippen molar-refractivity contribution >= 4 is 0 Å². The Balaban J connectivity index is 1.80. The van der Waals surface area contributed by atoms with Gasteiger partial charge in [0.25, 0.3) is 6.08 Å². The fourth-order valence-electron chi connectivity index (χ4n) is 3.58. The van der Waals surface area contributed by atoms with E-state index in [4.69, 9.17) is 0 Å². The lowest BCUT2D eigenvalue weighted by atomic mass is 9.77. The third-order valence-electron chi connectivity index (χ3n) is 5.00. The van der Waals surface area contributed by atoms with Crippen molar-refractivity contribution in [2.24, 2.45) is 5.92 Å². The number of halogens is 2. The molecular weight excluding hydrogens is 278 g/mol. The first-order chi connectivity index (χ1) is 10.7. The van der Waals surface area contributed by atoms with Crippen LogP contribution < -0.4 is 0 Å². The minimum atomic E-state index is -1.57. The fraction of sp³-hybridized carbons (Fsp3) is 0.600. The number of aryl methyl sites for hydroxylation is 1. The minimum Gasteiger partial charge on any atom is -0.174 e. The van der Waals surface area contributed by atoms with Gasteiger partial charge in [0.1, 0.15) is 0 Å². The van der Waals surface area contributed by atoms with Crippen molar-refractivity contribution in [2.75, 3.05) is 0 Å². The predicted molar refractivity (Wildman–Crippen MR) is 89.3 cm³/mol. The van der Waals surface area contributed by atoms with Gasteiger partial charge in [0.2, 0.25) is 0 Å². The Hall–Kier alpha value is -1.18. The molecule has 0 saturated heterocycles. The lowest BCUT2D eigenvalue weighted by molar-refractivity contribution is 0.304. The summed E-state index contributed by atoms with van der Waals surface area (Å²) >= 11 is 0. The fourth-order valence-corrected chi connectivity index (χ4v) is 3.58. The van der Waals surface area contributed by atoms with Gasteiger partial charge >= 0.3 is 0 Å². The van der Waals surface area contributed by atoms with Gasteiger partial charge in [-0.3, -0.25) is 0 Å². The van der Waals surface area contributed by atoms with E-state index in [1.54, 1.807) is 0 Å². The van der Waals surface area contributed by atoms with Crippen molar-refractivity contribution in [1.29, 1.82) is 0 Å². The standard InChI is InChI=1S/C20H28F2/c1-2-3-5-16-8-12-18(13-9-16)19-14-10-17(11-15-19)6-4-7-20(21)22/h7,10-11,14-16,18H,2-6,8-9,12-13H2,1H3. The molecule has 0 amide bonds.